The summed E-state index contributed by atoms with van der Waals surface area (Å²) in [5.74, 6) is 0.399. The minimum absolute atomic E-state index is 0.0439. The topological polar surface area (TPSA) is 20.2 Å². The van der Waals surface area contributed by atoms with Gasteiger partial charge in [-0.05, 0) is 45.9 Å². The molecule has 0 saturated heterocycles. The van der Waals surface area contributed by atoms with Crippen molar-refractivity contribution in [2.45, 2.75) is 59.3 Å². The Morgan fingerprint density at radius 1 is 0.850 bits per heavy atom. The van der Waals surface area contributed by atoms with Crippen molar-refractivity contribution in [1.29, 1.82) is 0 Å². The highest BCUT2D eigenvalue weighted by atomic mass is 16.3. The standard InChI is InChI=1S/C19H26O/c1-12-15(19(5,6)7)9-8-13-10-14(18(2,3)4)11-16(20)17(12)13/h8-11,20H,1-7H3. The second kappa shape index (κ2) is 4.51. The van der Waals surface area contributed by atoms with Crippen LogP contribution in [0.1, 0.15) is 58.2 Å². The lowest BCUT2D eigenvalue weighted by Gasteiger charge is -2.25. The molecule has 0 spiro atoms. The van der Waals surface area contributed by atoms with E-state index in [1.165, 1.54) is 16.7 Å². The monoisotopic (exact) mass is 270 g/mol. The van der Waals surface area contributed by atoms with Crippen molar-refractivity contribution >= 4 is 10.8 Å². The Morgan fingerprint density at radius 2 is 1.45 bits per heavy atom. The maximum Gasteiger partial charge on any atom is 0.123 e. The third-order valence-electron chi connectivity index (χ3n) is 4.03. The number of benzene rings is 2. The fraction of sp³-hybridized carbons (Fsp3) is 0.474. The average Bonchev–Trinajstić information content (AvgIpc) is 2.25. The van der Waals surface area contributed by atoms with Crippen LogP contribution in [0.2, 0.25) is 0 Å². The van der Waals surface area contributed by atoms with Gasteiger partial charge < -0.3 is 5.11 Å². The zero-order valence-electron chi connectivity index (χ0n) is 13.8. The Labute approximate surface area is 122 Å². The molecule has 1 nitrogen and oxygen atoms in total. The minimum Gasteiger partial charge on any atom is -0.507 e. The molecule has 0 radical (unpaired) electrons. The third-order valence-corrected chi connectivity index (χ3v) is 4.03. The molecule has 0 aliphatic carbocycles. The van der Waals surface area contributed by atoms with Crippen LogP contribution in [-0.4, -0.2) is 5.11 Å². The number of phenolic OH excluding ortho intramolecular Hbond substituents is 1. The normalized spacial score (nSPS) is 12.9. The van der Waals surface area contributed by atoms with Gasteiger partial charge in [-0.1, -0.05) is 59.7 Å². The number of phenols is 1. The number of aryl methyl sites for hydroxylation is 1. The molecule has 0 aromatic heterocycles. The number of aromatic hydroxyl groups is 1. The first-order valence-corrected chi connectivity index (χ1v) is 7.29. The summed E-state index contributed by atoms with van der Waals surface area (Å²) in [5.41, 5.74) is 3.79. The van der Waals surface area contributed by atoms with E-state index < -0.39 is 0 Å². The van der Waals surface area contributed by atoms with Gasteiger partial charge in [-0.2, -0.15) is 0 Å². The summed E-state index contributed by atoms with van der Waals surface area (Å²) >= 11 is 0. The van der Waals surface area contributed by atoms with E-state index in [2.05, 4.69) is 66.7 Å². The molecule has 0 saturated carbocycles. The molecule has 0 aliphatic heterocycles. The van der Waals surface area contributed by atoms with Crippen molar-refractivity contribution in [3.8, 4) is 5.75 Å². The van der Waals surface area contributed by atoms with Gasteiger partial charge in [-0.15, -0.1) is 0 Å². The molecule has 108 valence electrons. The zero-order chi connectivity index (χ0) is 15.3. The Hall–Kier alpha value is -1.50. The number of fused-ring (bicyclic) bond motifs is 1. The van der Waals surface area contributed by atoms with E-state index in [0.29, 0.717) is 5.75 Å². The van der Waals surface area contributed by atoms with Crippen molar-refractivity contribution in [3.63, 3.8) is 0 Å². The maximum absolute atomic E-state index is 10.5. The molecule has 0 heterocycles. The van der Waals surface area contributed by atoms with Gasteiger partial charge in [0.15, 0.2) is 0 Å². The van der Waals surface area contributed by atoms with Gasteiger partial charge in [0.1, 0.15) is 5.75 Å². The lowest BCUT2D eigenvalue weighted by molar-refractivity contribution is 0.477. The molecular weight excluding hydrogens is 244 g/mol. The first-order valence-electron chi connectivity index (χ1n) is 7.29. The van der Waals surface area contributed by atoms with E-state index in [-0.39, 0.29) is 10.8 Å². The molecule has 0 unspecified atom stereocenters. The zero-order valence-corrected chi connectivity index (χ0v) is 13.8. The largest absolute Gasteiger partial charge is 0.507 e. The average molecular weight is 270 g/mol. The SMILES string of the molecule is Cc1c(C(C)(C)C)ccc2cc(C(C)(C)C)cc(O)c12. The summed E-state index contributed by atoms with van der Waals surface area (Å²) in [6.45, 7) is 15.3. The third kappa shape index (κ3) is 2.54. The Kier molecular flexibility index (Phi) is 3.36. The molecular formula is C19H26O. The van der Waals surface area contributed by atoms with Crippen LogP contribution < -0.4 is 0 Å². The number of rotatable bonds is 0. The van der Waals surface area contributed by atoms with Gasteiger partial charge in [0.25, 0.3) is 0 Å². The number of hydrogen-bond donors (Lipinski definition) is 1. The van der Waals surface area contributed by atoms with E-state index in [0.717, 1.165) is 10.8 Å². The summed E-state index contributed by atoms with van der Waals surface area (Å²) in [6, 6.07) is 8.46. The molecule has 0 fully saturated rings. The molecule has 1 N–H and O–H groups in total. The first-order chi connectivity index (χ1) is 9.01. The van der Waals surface area contributed by atoms with E-state index in [9.17, 15) is 5.11 Å². The van der Waals surface area contributed by atoms with Crippen LogP contribution in [0.5, 0.6) is 5.75 Å². The Morgan fingerprint density at radius 3 is 1.95 bits per heavy atom. The molecule has 0 bridgehead atoms. The van der Waals surface area contributed by atoms with E-state index in [1.807, 2.05) is 6.07 Å². The van der Waals surface area contributed by atoms with Crippen LogP contribution in [0.15, 0.2) is 24.3 Å². The summed E-state index contributed by atoms with van der Waals surface area (Å²) in [6.07, 6.45) is 0. The van der Waals surface area contributed by atoms with Crippen molar-refractivity contribution < 1.29 is 5.11 Å². The van der Waals surface area contributed by atoms with Crippen molar-refractivity contribution in [2.24, 2.45) is 0 Å². The van der Waals surface area contributed by atoms with Crippen LogP contribution in [-0.2, 0) is 10.8 Å². The molecule has 2 aromatic rings. The van der Waals surface area contributed by atoms with Gasteiger partial charge in [0.2, 0.25) is 0 Å². The van der Waals surface area contributed by atoms with Gasteiger partial charge >= 0.3 is 0 Å². The maximum atomic E-state index is 10.5. The van der Waals surface area contributed by atoms with Crippen molar-refractivity contribution in [2.75, 3.05) is 0 Å². The van der Waals surface area contributed by atoms with Crippen LogP contribution >= 0.6 is 0 Å². The van der Waals surface area contributed by atoms with Crippen LogP contribution in [0.4, 0.5) is 0 Å². The lowest BCUT2D eigenvalue weighted by atomic mass is 9.80. The molecule has 0 atom stereocenters. The first kappa shape index (κ1) is 14.9. The highest BCUT2D eigenvalue weighted by molar-refractivity contribution is 5.93. The fourth-order valence-corrected chi connectivity index (χ4v) is 2.87. The second-order valence-corrected chi connectivity index (χ2v) is 7.83. The highest BCUT2D eigenvalue weighted by Crippen LogP contribution is 2.38. The lowest BCUT2D eigenvalue weighted by Crippen LogP contribution is -2.14. The van der Waals surface area contributed by atoms with Gasteiger partial charge in [0, 0.05) is 5.39 Å². The highest BCUT2D eigenvalue weighted by Gasteiger charge is 2.21. The molecule has 1 heteroatoms. The minimum atomic E-state index is 0.0439. The summed E-state index contributed by atoms with van der Waals surface area (Å²) in [4.78, 5) is 0. The molecule has 2 rings (SSSR count). The van der Waals surface area contributed by atoms with Crippen LogP contribution in [0.3, 0.4) is 0 Å². The van der Waals surface area contributed by atoms with Gasteiger partial charge in [0.05, 0.1) is 0 Å². The smallest absolute Gasteiger partial charge is 0.123 e. The predicted octanol–water partition coefficient (Wildman–Crippen LogP) is 5.45. The van der Waals surface area contributed by atoms with E-state index in [4.69, 9.17) is 0 Å². The predicted molar refractivity (Wildman–Crippen MR) is 87.7 cm³/mol. The quantitative estimate of drug-likeness (QED) is 0.675. The summed E-state index contributed by atoms with van der Waals surface area (Å²) in [7, 11) is 0. The Bertz CT molecular complexity index is 652. The van der Waals surface area contributed by atoms with Crippen LogP contribution in [0, 0.1) is 6.92 Å². The van der Waals surface area contributed by atoms with E-state index >= 15 is 0 Å². The molecule has 2 aromatic carbocycles. The van der Waals surface area contributed by atoms with E-state index in [1.54, 1.807) is 0 Å². The summed E-state index contributed by atoms with van der Waals surface area (Å²) in [5, 5.41) is 12.6. The molecule has 20 heavy (non-hydrogen) atoms. The Balaban J connectivity index is 2.79. The van der Waals surface area contributed by atoms with Crippen LogP contribution in [0.25, 0.3) is 10.8 Å². The second-order valence-electron chi connectivity index (χ2n) is 7.83. The molecule has 0 amide bonds. The molecule has 0 aliphatic rings. The van der Waals surface area contributed by atoms with Crippen molar-refractivity contribution in [3.05, 3.63) is 41.0 Å². The van der Waals surface area contributed by atoms with Gasteiger partial charge in [-0.25, -0.2) is 0 Å². The van der Waals surface area contributed by atoms with Crippen molar-refractivity contribution in [1.82, 2.24) is 0 Å². The summed E-state index contributed by atoms with van der Waals surface area (Å²) < 4.78 is 0. The van der Waals surface area contributed by atoms with Gasteiger partial charge in [-0.3, -0.25) is 0 Å². The fourth-order valence-electron chi connectivity index (χ4n) is 2.87. The number of hydrogen-bond acceptors (Lipinski definition) is 1.